The van der Waals surface area contributed by atoms with E-state index >= 15 is 0 Å². The highest BCUT2D eigenvalue weighted by Gasteiger charge is 2.26. The van der Waals surface area contributed by atoms with Crippen molar-refractivity contribution in [3.05, 3.63) is 0 Å². The van der Waals surface area contributed by atoms with Crippen LogP contribution in [0.25, 0.3) is 0 Å². The smallest absolute Gasteiger partial charge is 0.0630 e. The fraction of sp³-hybridized carbons (Fsp3) is 1.00. The summed E-state index contributed by atoms with van der Waals surface area (Å²) in [4.78, 5) is 2.67. The van der Waals surface area contributed by atoms with E-state index in [-0.39, 0.29) is 0 Å². The van der Waals surface area contributed by atoms with Crippen molar-refractivity contribution >= 4 is 0 Å². The molecule has 0 saturated heterocycles. The summed E-state index contributed by atoms with van der Waals surface area (Å²) in [6, 6.07) is 1.32. The topological polar surface area (TPSA) is 24.5 Å². The molecule has 0 heterocycles. The molecule has 0 aromatic carbocycles. The maximum absolute atomic E-state index is 5.43. The number of methoxy groups -OCH3 is 1. The van der Waals surface area contributed by atoms with Crippen molar-refractivity contribution in [1.29, 1.82) is 0 Å². The van der Waals surface area contributed by atoms with Gasteiger partial charge >= 0.3 is 0 Å². The van der Waals surface area contributed by atoms with Crippen molar-refractivity contribution in [3.63, 3.8) is 0 Å². The van der Waals surface area contributed by atoms with Crippen molar-refractivity contribution in [2.75, 3.05) is 33.4 Å². The Morgan fingerprint density at radius 1 is 1.22 bits per heavy atom. The lowest BCUT2D eigenvalue weighted by Gasteiger charge is -2.39. The Balaban J connectivity index is 2.48. The van der Waals surface area contributed by atoms with Crippen molar-refractivity contribution in [2.24, 2.45) is 0 Å². The minimum atomic E-state index is 0.537. The molecule has 0 aromatic heterocycles. The zero-order valence-corrected chi connectivity index (χ0v) is 12.6. The number of likely N-dealkylation sites (N-methyl/N-ethyl adjacent to an activating group) is 1. The summed E-state index contributed by atoms with van der Waals surface area (Å²) in [5, 5.41) is 3.55. The molecule has 1 aliphatic rings. The van der Waals surface area contributed by atoms with E-state index in [9.17, 15) is 0 Å². The average molecular weight is 256 g/mol. The highest BCUT2D eigenvalue weighted by Crippen LogP contribution is 2.24. The third-order valence-electron chi connectivity index (χ3n) is 4.04. The fourth-order valence-electron chi connectivity index (χ4n) is 3.14. The SMILES string of the molecule is CCCNCC(COC)N(CC)C1CCCCC1. The van der Waals surface area contributed by atoms with E-state index in [1.54, 1.807) is 0 Å². The number of hydrogen-bond donors (Lipinski definition) is 1. The van der Waals surface area contributed by atoms with Crippen LogP contribution in [-0.2, 0) is 4.74 Å². The molecular weight excluding hydrogens is 224 g/mol. The lowest BCUT2D eigenvalue weighted by molar-refractivity contribution is 0.0505. The van der Waals surface area contributed by atoms with Crippen molar-refractivity contribution in [3.8, 4) is 0 Å². The van der Waals surface area contributed by atoms with E-state index in [1.165, 1.54) is 38.5 Å². The van der Waals surface area contributed by atoms with Gasteiger partial charge in [-0.2, -0.15) is 0 Å². The van der Waals surface area contributed by atoms with Gasteiger partial charge in [0.1, 0.15) is 0 Å². The summed E-state index contributed by atoms with van der Waals surface area (Å²) in [6.45, 7) is 8.68. The average Bonchev–Trinajstić information content (AvgIpc) is 2.41. The van der Waals surface area contributed by atoms with Gasteiger partial charge in [0.15, 0.2) is 0 Å². The van der Waals surface area contributed by atoms with E-state index in [1.807, 2.05) is 7.11 Å². The second-order valence-corrected chi connectivity index (χ2v) is 5.44. The van der Waals surface area contributed by atoms with Crippen LogP contribution >= 0.6 is 0 Å². The van der Waals surface area contributed by atoms with Crippen LogP contribution in [0.2, 0.25) is 0 Å². The summed E-state index contributed by atoms with van der Waals surface area (Å²) in [7, 11) is 1.82. The molecule has 1 atom stereocenters. The number of nitrogens with zero attached hydrogens (tertiary/aromatic N) is 1. The van der Waals surface area contributed by atoms with Crippen LogP contribution in [-0.4, -0.2) is 50.3 Å². The Morgan fingerprint density at radius 3 is 2.50 bits per heavy atom. The molecule has 1 fully saturated rings. The maximum atomic E-state index is 5.43. The van der Waals surface area contributed by atoms with E-state index in [4.69, 9.17) is 4.74 Å². The second kappa shape index (κ2) is 9.76. The van der Waals surface area contributed by atoms with E-state index in [2.05, 4.69) is 24.1 Å². The summed E-state index contributed by atoms with van der Waals surface area (Å²) in [5.41, 5.74) is 0. The van der Waals surface area contributed by atoms with Gasteiger partial charge in [-0.25, -0.2) is 0 Å². The molecule has 3 heteroatoms. The predicted molar refractivity (Wildman–Crippen MR) is 78.1 cm³/mol. The number of hydrogen-bond acceptors (Lipinski definition) is 3. The van der Waals surface area contributed by atoms with Gasteiger partial charge in [0.2, 0.25) is 0 Å². The van der Waals surface area contributed by atoms with E-state index in [0.717, 1.165) is 32.3 Å². The Labute approximate surface area is 113 Å². The molecule has 1 saturated carbocycles. The van der Waals surface area contributed by atoms with E-state index < -0.39 is 0 Å². The van der Waals surface area contributed by atoms with E-state index in [0.29, 0.717) is 6.04 Å². The lowest BCUT2D eigenvalue weighted by atomic mass is 9.93. The number of nitrogens with one attached hydrogen (secondary N) is 1. The molecule has 0 aliphatic heterocycles. The van der Waals surface area contributed by atoms with Gasteiger partial charge in [0.05, 0.1) is 6.61 Å². The molecule has 3 nitrogen and oxygen atoms in total. The molecule has 0 amide bonds. The molecule has 1 unspecified atom stereocenters. The predicted octanol–water partition coefficient (Wildman–Crippen LogP) is 2.66. The molecule has 108 valence electrons. The quantitative estimate of drug-likeness (QED) is 0.642. The number of ether oxygens (including phenoxy) is 1. The Hall–Kier alpha value is -0.120. The molecule has 0 radical (unpaired) electrons. The van der Waals surface area contributed by atoms with Crippen LogP contribution in [0.4, 0.5) is 0 Å². The maximum Gasteiger partial charge on any atom is 0.0630 e. The Morgan fingerprint density at radius 2 is 1.94 bits per heavy atom. The zero-order chi connectivity index (χ0) is 13.2. The van der Waals surface area contributed by atoms with Gasteiger partial charge in [-0.15, -0.1) is 0 Å². The molecule has 0 bridgehead atoms. The van der Waals surface area contributed by atoms with Crippen LogP contribution in [0.5, 0.6) is 0 Å². The second-order valence-electron chi connectivity index (χ2n) is 5.44. The third-order valence-corrected chi connectivity index (χ3v) is 4.04. The third kappa shape index (κ3) is 5.25. The van der Waals surface area contributed by atoms with Gasteiger partial charge in [-0.1, -0.05) is 33.1 Å². The first-order chi connectivity index (χ1) is 8.83. The zero-order valence-electron chi connectivity index (χ0n) is 12.6. The summed E-state index contributed by atoms with van der Waals surface area (Å²) >= 11 is 0. The Kier molecular flexibility index (Phi) is 8.64. The molecular formula is C15H32N2O. The van der Waals surface area contributed by atoms with Gasteiger partial charge < -0.3 is 10.1 Å². The fourth-order valence-corrected chi connectivity index (χ4v) is 3.14. The molecule has 1 aliphatic carbocycles. The normalized spacial score (nSPS) is 19.3. The summed E-state index contributed by atoms with van der Waals surface area (Å²) in [5.74, 6) is 0. The minimum absolute atomic E-state index is 0.537. The van der Waals surface area contributed by atoms with Crippen LogP contribution in [0.1, 0.15) is 52.4 Å². The molecule has 0 aromatic rings. The monoisotopic (exact) mass is 256 g/mol. The standard InChI is InChI=1S/C15H32N2O/c1-4-11-16-12-15(13-18-3)17(5-2)14-9-7-6-8-10-14/h14-16H,4-13H2,1-3H3. The van der Waals surface area contributed by atoms with Crippen LogP contribution in [0, 0.1) is 0 Å². The first-order valence-corrected chi connectivity index (χ1v) is 7.78. The van der Waals surface area contributed by atoms with Crippen LogP contribution in [0.3, 0.4) is 0 Å². The van der Waals surface area contributed by atoms with Crippen molar-refractivity contribution in [1.82, 2.24) is 10.2 Å². The first kappa shape index (κ1) is 15.9. The first-order valence-electron chi connectivity index (χ1n) is 7.78. The van der Waals surface area contributed by atoms with Gasteiger partial charge in [0, 0.05) is 25.7 Å². The van der Waals surface area contributed by atoms with Crippen LogP contribution in [0.15, 0.2) is 0 Å². The number of rotatable bonds is 9. The van der Waals surface area contributed by atoms with Crippen LogP contribution < -0.4 is 5.32 Å². The largest absolute Gasteiger partial charge is 0.383 e. The molecule has 0 spiro atoms. The van der Waals surface area contributed by atoms with Gasteiger partial charge in [0.25, 0.3) is 0 Å². The molecule has 18 heavy (non-hydrogen) atoms. The van der Waals surface area contributed by atoms with Gasteiger partial charge in [-0.05, 0) is 32.4 Å². The highest BCUT2D eigenvalue weighted by molar-refractivity contribution is 4.82. The van der Waals surface area contributed by atoms with Gasteiger partial charge in [-0.3, -0.25) is 4.90 Å². The minimum Gasteiger partial charge on any atom is -0.383 e. The van der Waals surface area contributed by atoms with Crippen molar-refractivity contribution in [2.45, 2.75) is 64.5 Å². The van der Waals surface area contributed by atoms with Crippen molar-refractivity contribution < 1.29 is 4.74 Å². The Bertz CT molecular complexity index is 193. The molecule has 1 rings (SSSR count). The lowest BCUT2D eigenvalue weighted by Crippen LogP contribution is -2.50. The highest BCUT2D eigenvalue weighted by atomic mass is 16.5. The molecule has 1 N–H and O–H groups in total. The summed E-state index contributed by atoms with van der Waals surface area (Å²) < 4.78 is 5.43. The summed E-state index contributed by atoms with van der Waals surface area (Å²) in [6.07, 6.45) is 8.20.